The van der Waals surface area contributed by atoms with Crippen LogP contribution in [-0.2, 0) is 0 Å². The van der Waals surface area contributed by atoms with Crippen molar-refractivity contribution in [1.29, 1.82) is 0 Å². The molecule has 0 aliphatic rings. The van der Waals surface area contributed by atoms with Crippen LogP contribution in [0.2, 0.25) is 0 Å². The zero-order valence-corrected chi connectivity index (χ0v) is 9.96. The van der Waals surface area contributed by atoms with Crippen molar-refractivity contribution < 1.29 is 5.21 Å². The molecule has 0 aliphatic carbocycles. The number of rotatable bonds is 1. The summed E-state index contributed by atoms with van der Waals surface area (Å²) in [6.07, 6.45) is 3.33. The third-order valence-electron chi connectivity index (χ3n) is 2.43. The van der Waals surface area contributed by atoms with Crippen LogP contribution in [0.4, 0.5) is 0 Å². The van der Waals surface area contributed by atoms with E-state index >= 15 is 0 Å². The van der Waals surface area contributed by atoms with Gasteiger partial charge in [-0.15, -0.1) is 0 Å². The van der Waals surface area contributed by atoms with E-state index in [2.05, 4.69) is 22.0 Å². The molecular formula is C15H12N2O. The zero-order valence-electron chi connectivity index (χ0n) is 9.96. The molecule has 1 aromatic heterocycles. The van der Waals surface area contributed by atoms with Gasteiger partial charge in [0, 0.05) is 29.1 Å². The van der Waals surface area contributed by atoms with Crippen LogP contribution in [0.25, 0.3) is 0 Å². The molecule has 0 spiro atoms. The monoisotopic (exact) mass is 236 g/mol. The van der Waals surface area contributed by atoms with Crippen molar-refractivity contribution in [2.75, 3.05) is 0 Å². The lowest BCUT2D eigenvalue weighted by molar-refractivity contribution is 0.319. The Kier molecular flexibility index (Phi) is 3.72. The highest BCUT2D eigenvalue weighted by molar-refractivity contribution is 5.98. The first kappa shape index (κ1) is 11.9. The SMILES string of the molecule is C/C(=N\O)c1cncc(C#Cc2ccccc2)c1. The fraction of sp³-hybridized carbons (Fsp3) is 0.0667. The van der Waals surface area contributed by atoms with Crippen LogP contribution in [0, 0.1) is 11.8 Å². The summed E-state index contributed by atoms with van der Waals surface area (Å²) < 4.78 is 0. The van der Waals surface area contributed by atoms with Crippen molar-refractivity contribution in [2.45, 2.75) is 6.92 Å². The van der Waals surface area contributed by atoms with Crippen molar-refractivity contribution in [3.8, 4) is 11.8 Å². The topological polar surface area (TPSA) is 45.5 Å². The van der Waals surface area contributed by atoms with E-state index in [-0.39, 0.29) is 0 Å². The van der Waals surface area contributed by atoms with Gasteiger partial charge in [0.15, 0.2) is 0 Å². The zero-order chi connectivity index (χ0) is 12.8. The van der Waals surface area contributed by atoms with Crippen LogP contribution in [0.5, 0.6) is 0 Å². The summed E-state index contributed by atoms with van der Waals surface area (Å²) in [5.41, 5.74) is 3.03. The van der Waals surface area contributed by atoms with E-state index in [0.717, 1.165) is 16.7 Å². The third-order valence-corrected chi connectivity index (χ3v) is 2.43. The van der Waals surface area contributed by atoms with E-state index < -0.39 is 0 Å². The Labute approximate surface area is 106 Å². The Morgan fingerprint density at radius 3 is 2.56 bits per heavy atom. The molecule has 0 saturated heterocycles. The number of hydrogen-bond donors (Lipinski definition) is 1. The van der Waals surface area contributed by atoms with Crippen LogP contribution >= 0.6 is 0 Å². The van der Waals surface area contributed by atoms with Gasteiger partial charge in [-0.05, 0) is 25.1 Å². The molecule has 0 bridgehead atoms. The highest BCUT2D eigenvalue weighted by atomic mass is 16.4. The van der Waals surface area contributed by atoms with Crippen molar-refractivity contribution >= 4 is 5.71 Å². The van der Waals surface area contributed by atoms with Gasteiger partial charge in [0.25, 0.3) is 0 Å². The summed E-state index contributed by atoms with van der Waals surface area (Å²) in [6, 6.07) is 11.6. The number of hydrogen-bond acceptors (Lipinski definition) is 3. The van der Waals surface area contributed by atoms with E-state index in [4.69, 9.17) is 5.21 Å². The lowest BCUT2D eigenvalue weighted by Crippen LogP contribution is -1.96. The van der Waals surface area contributed by atoms with Gasteiger partial charge in [-0.25, -0.2) is 0 Å². The Balaban J connectivity index is 2.28. The van der Waals surface area contributed by atoms with Gasteiger partial charge in [-0.3, -0.25) is 4.98 Å². The maximum Gasteiger partial charge on any atom is 0.0852 e. The Bertz CT molecular complexity index is 622. The van der Waals surface area contributed by atoms with Crippen LogP contribution in [-0.4, -0.2) is 15.9 Å². The predicted molar refractivity (Wildman–Crippen MR) is 70.7 cm³/mol. The molecule has 0 atom stereocenters. The fourth-order valence-electron chi connectivity index (χ4n) is 1.43. The van der Waals surface area contributed by atoms with E-state index in [0.29, 0.717) is 5.71 Å². The molecule has 1 aromatic carbocycles. The molecule has 1 N–H and O–H groups in total. The predicted octanol–water partition coefficient (Wildman–Crippen LogP) is 2.68. The molecule has 88 valence electrons. The molecule has 0 unspecified atom stereocenters. The second kappa shape index (κ2) is 5.65. The summed E-state index contributed by atoms with van der Waals surface area (Å²) in [4.78, 5) is 4.07. The quantitative estimate of drug-likeness (QED) is 0.358. The van der Waals surface area contributed by atoms with Gasteiger partial charge in [-0.2, -0.15) is 0 Å². The first-order chi connectivity index (χ1) is 8.79. The first-order valence-corrected chi connectivity index (χ1v) is 5.51. The standard InChI is InChI=1S/C15H12N2O/c1-12(17-18)15-9-14(10-16-11-15)8-7-13-5-3-2-4-6-13/h2-6,9-11,18H,1H3/b17-12+. The largest absolute Gasteiger partial charge is 0.411 e. The molecule has 0 saturated carbocycles. The van der Waals surface area contributed by atoms with Crippen molar-refractivity contribution in [2.24, 2.45) is 5.16 Å². The Hall–Kier alpha value is -2.60. The lowest BCUT2D eigenvalue weighted by atomic mass is 10.1. The van der Waals surface area contributed by atoms with Gasteiger partial charge in [0.2, 0.25) is 0 Å². The maximum absolute atomic E-state index is 8.71. The maximum atomic E-state index is 8.71. The highest BCUT2D eigenvalue weighted by Gasteiger charge is 1.98. The van der Waals surface area contributed by atoms with Gasteiger partial charge < -0.3 is 5.21 Å². The normalized spacial score (nSPS) is 10.6. The molecule has 0 amide bonds. The molecule has 0 aliphatic heterocycles. The molecule has 0 radical (unpaired) electrons. The second-order valence-corrected chi connectivity index (χ2v) is 3.76. The second-order valence-electron chi connectivity index (χ2n) is 3.76. The minimum Gasteiger partial charge on any atom is -0.411 e. The van der Waals surface area contributed by atoms with E-state index in [1.165, 1.54) is 0 Å². The average Bonchev–Trinajstić information content (AvgIpc) is 2.45. The van der Waals surface area contributed by atoms with Crippen molar-refractivity contribution in [3.05, 3.63) is 65.5 Å². The van der Waals surface area contributed by atoms with E-state index in [1.54, 1.807) is 19.3 Å². The molecule has 18 heavy (non-hydrogen) atoms. The molecule has 0 fully saturated rings. The minimum absolute atomic E-state index is 0.519. The van der Waals surface area contributed by atoms with Crippen LogP contribution in [0.15, 0.2) is 53.9 Å². The molecular weight excluding hydrogens is 224 g/mol. The first-order valence-electron chi connectivity index (χ1n) is 5.51. The fourth-order valence-corrected chi connectivity index (χ4v) is 1.43. The summed E-state index contributed by atoms with van der Waals surface area (Å²) in [5.74, 6) is 6.08. The Morgan fingerprint density at radius 1 is 1.11 bits per heavy atom. The van der Waals surface area contributed by atoms with Crippen molar-refractivity contribution in [1.82, 2.24) is 4.98 Å². The minimum atomic E-state index is 0.519. The number of pyridine rings is 1. The number of nitrogens with zero attached hydrogens (tertiary/aromatic N) is 2. The summed E-state index contributed by atoms with van der Waals surface area (Å²) in [5, 5.41) is 11.9. The third kappa shape index (κ3) is 2.96. The summed E-state index contributed by atoms with van der Waals surface area (Å²) in [6.45, 7) is 1.71. The lowest BCUT2D eigenvalue weighted by Gasteiger charge is -1.97. The molecule has 2 aromatic rings. The Morgan fingerprint density at radius 2 is 1.83 bits per heavy atom. The van der Waals surface area contributed by atoms with Crippen LogP contribution in [0.1, 0.15) is 23.6 Å². The van der Waals surface area contributed by atoms with Gasteiger partial charge in [0.1, 0.15) is 0 Å². The number of aromatic nitrogens is 1. The highest BCUT2D eigenvalue weighted by Crippen LogP contribution is 2.04. The number of oxime groups is 1. The smallest absolute Gasteiger partial charge is 0.0852 e. The van der Waals surface area contributed by atoms with E-state index in [9.17, 15) is 0 Å². The van der Waals surface area contributed by atoms with E-state index in [1.807, 2.05) is 36.4 Å². The van der Waals surface area contributed by atoms with Crippen molar-refractivity contribution in [3.63, 3.8) is 0 Å². The van der Waals surface area contributed by atoms with Gasteiger partial charge in [0.05, 0.1) is 5.71 Å². The van der Waals surface area contributed by atoms with Gasteiger partial charge >= 0.3 is 0 Å². The number of benzene rings is 1. The van der Waals surface area contributed by atoms with Gasteiger partial charge in [-0.1, -0.05) is 35.2 Å². The van der Waals surface area contributed by atoms with Crippen LogP contribution in [0.3, 0.4) is 0 Å². The molecule has 3 heteroatoms. The summed E-state index contributed by atoms with van der Waals surface area (Å²) in [7, 11) is 0. The van der Waals surface area contributed by atoms with Crippen LogP contribution < -0.4 is 0 Å². The molecule has 2 rings (SSSR count). The average molecular weight is 236 g/mol. The molecule has 3 nitrogen and oxygen atoms in total. The summed E-state index contributed by atoms with van der Waals surface area (Å²) >= 11 is 0. The molecule has 1 heterocycles.